The van der Waals surface area contributed by atoms with Gasteiger partial charge in [-0.2, -0.15) is 0 Å². The van der Waals surface area contributed by atoms with Gasteiger partial charge < -0.3 is 0 Å². The predicted molar refractivity (Wildman–Crippen MR) is 169 cm³/mol. The van der Waals surface area contributed by atoms with E-state index in [4.69, 9.17) is 0 Å². The molecular weight excluding hydrogens is 456 g/mol. The molecule has 38 heavy (non-hydrogen) atoms. The smallest absolute Gasteiger partial charge is 0.0162 e. The Bertz CT molecular complexity index is 923. The van der Waals surface area contributed by atoms with Gasteiger partial charge in [-0.25, -0.2) is 0 Å². The summed E-state index contributed by atoms with van der Waals surface area (Å²) in [6.07, 6.45) is 29.2. The van der Waals surface area contributed by atoms with Crippen molar-refractivity contribution < 1.29 is 0 Å². The van der Waals surface area contributed by atoms with Crippen LogP contribution in [0.2, 0.25) is 0 Å². The van der Waals surface area contributed by atoms with E-state index in [0.717, 1.165) is 17.8 Å². The normalized spacial score (nSPS) is 21.8. The topological polar surface area (TPSA) is 0 Å². The van der Waals surface area contributed by atoms with Crippen LogP contribution in [0, 0.1) is 11.8 Å². The molecular formula is C38H56. The number of benzene rings is 2. The Morgan fingerprint density at radius 1 is 0.526 bits per heavy atom. The number of allylic oxidation sites excluding steroid dienone is 2. The summed E-state index contributed by atoms with van der Waals surface area (Å²) in [6, 6.07) is 19.0. The van der Waals surface area contributed by atoms with Gasteiger partial charge in [0.15, 0.2) is 0 Å². The van der Waals surface area contributed by atoms with Gasteiger partial charge in [-0.15, -0.1) is 0 Å². The van der Waals surface area contributed by atoms with E-state index in [2.05, 4.69) is 68.5 Å². The van der Waals surface area contributed by atoms with Crippen LogP contribution in [0.1, 0.15) is 153 Å². The second-order valence-corrected chi connectivity index (χ2v) is 12.7. The largest absolute Gasteiger partial charge is 0.0804 e. The third-order valence-corrected chi connectivity index (χ3v) is 9.77. The van der Waals surface area contributed by atoms with E-state index in [1.165, 1.54) is 139 Å². The summed E-state index contributed by atoms with van der Waals surface area (Å²) >= 11 is 0. The summed E-state index contributed by atoms with van der Waals surface area (Å²) in [7, 11) is 0. The second-order valence-electron chi connectivity index (χ2n) is 12.7. The Labute approximate surface area is 235 Å². The molecule has 1 fully saturated rings. The standard InChI is InChI=1S/C38H56/c1-3-5-7-9-10-12-14-32-17-21-34(22-18-32)36-25-29-38(30-26-36)37-27-23-35(24-28-37)33-19-15-31(16-20-33)13-11-8-6-4-2/h19,23-32,34H,3-18,20-22H2,1-2H3. The van der Waals surface area contributed by atoms with Gasteiger partial charge in [0.1, 0.15) is 0 Å². The summed E-state index contributed by atoms with van der Waals surface area (Å²) in [6.45, 7) is 4.61. The first-order valence-electron chi connectivity index (χ1n) is 16.7. The second kappa shape index (κ2) is 16.3. The Kier molecular flexibility index (Phi) is 12.5. The van der Waals surface area contributed by atoms with E-state index in [1.54, 1.807) is 11.1 Å². The quantitative estimate of drug-likeness (QED) is 0.208. The Hall–Kier alpha value is -1.82. The third kappa shape index (κ3) is 9.14. The van der Waals surface area contributed by atoms with E-state index < -0.39 is 0 Å². The highest BCUT2D eigenvalue weighted by Gasteiger charge is 2.22. The monoisotopic (exact) mass is 512 g/mol. The molecule has 0 N–H and O–H groups in total. The van der Waals surface area contributed by atoms with Gasteiger partial charge in [-0.1, -0.05) is 146 Å². The molecule has 0 amide bonds. The van der Waals surface area contributed by atoms with Crippen molar-refractivity contribution in [1.29, 1.82) is 0 Å². The summed E-state index contributed by atoms with van der Waals surface area (Å²) in [5.74, 6) is 2.69. The van der Waals surface area contributed by atoms with Crippen molar-refractivity contribution in [1.82, 2.24) is 0 Å². The first kappa shape index (κ1) is 29.2. The van der Waals surface area contributed by atoms with Crippen LogP contribution in [-0.2, 0) is 0 Å². The van der Waals surface area contributed by atoms with Crippen LogP contribution in [0.5, 0.6) is 0 Å². The Balaban J connectivity index is 1.20. The van der Waals surface area contributed by atoms with Crippen molar-refractivity contribution in [2.24, 2.45) is 11.8 Å². The summed E-state index contributed by atoms with van der Waals surface area (Å²) < 4.78 is 0. The molecule has 2 aliphatic carbocycles. The lowest BCUT2D eigenvalue weighted by Crippen LogP contribution is -2.13. The summed E-state index contributed by atoms with van der Waals surface area (Å²) in [5, 5.41) is 0. The zero-order valence-corrected chi connectivity index (χ0v) is 24.9. The first-order chi connectivity index (χ1) is 18.8. The molecule has 1 atom stereocenters. The van der Waals surface area contributed by atoms with E-state index >= 15 is 0 Å². The minimum atomic E-state index is 0.779. The first-order valence-corrected chi connectivity index (χ1v) is 16.7. The van der Waals surface area contributed by atoms with Crippen LogP contribution < -0.4 is 0 Å². The maximum atomic E-state index is 2.54. The molecule has 0 nitrogen and oxygen atoms in total. The average molecular weight is 513 g/mol. The van der Waals surface area contributed by atoms with Gasteiger partial charge in [-0.05, 0) is 90.5 Å². The molecule has 208 valence electrons. The highest BCUT2D eigenvalue weighted by atomic mass is 14.3. The zero-order valence-electron chi connectivity index (χ0n) is 24.9. The van der Waals surface area contributed by atoms with Crippen LogP contribution in [0.25, 0.3) is 16.7 Å². The Morgan fingerprint density at radius 3 is 1.66 bits per heavy atom. The van der Waals surface area contributed by atoms with Crippen LogP contribution in [0.4, 0.5) is 0 Å². The van der Waals surface area contributed by atoms with Gasteiger partial charge in [0, 0.05) is 0 Å². The fraction of sp³-hybridized carbons (Fsp3) is 0.632. The number of hydrogen-bond acceptors (Lipinski definition) is 0. The predicted octanol–water partition coefficient (Wildman–Crippen LogP) is 12.5. The van der Waals surface area contributed by atoms with Crippen LogP contribution in [0.15, 0.2) is 54.6 Å². The molecule has 1 saturated carbocycles. The number of hydrogen-bond donors (Lipinski definition) is 0. The molecule has 0 spiro atoms. The van der Waals surface area contributed by atoms with Crippen LogP contribution >= 0.6 is 0 Å². The van der Waals surface area contributed by atoms with Crippen molar-refractivity contribution in [3.05, 3.63) is 65.7 Å². The molecule has 0 heterocycles. The molecule has 4 rings (SSSR count). The fourth-order valence-electron chi connectivity index (χ4n) is 7.09. The summed E-state index contributed by atoms with van der Waals surface area (Å²) in [5.41, 5.74) is 7.30. The fourth-order valence-corrected chi connectivity index (χ4v) is 7.09. The maximum absolute atomic E-state index is 2.54. The molecule has 1 unspecified atom stereocenters. The molecule has 2 aromatic carbocycles. The summed E-state index contributed by atoms with van der Waals surface area (Å²) in [4.78, 5) is 0. The van der Waals surface area contributed by atoms with Crippen LogP contribution in [0.3, 0.4) is 0 Å². The lowest BCUT2D eigenvalue weighted by Gasteiger charge is -2.29. The lowest BCUT2D eigenvalue weighted by atomic mass is 9.77. The SMILES string of the molecule is CCCCCCCCC1CCC(c2ccc(-c3ccc(C4=CCC(CCCCCC)CC4)cc3)cc2)CC1. The lowest BCUT2D eigenvalue weighted by molar-refractivity contribution is 0.302. The van der Waals surface area contributed by atoms with E-state index in [0.29, 0.717) is 0 Å². The van der Waals surface area contributed by atoms with E-state index in [-0.39, 0.29) is 0 Å². The highest BCUT2D eigenvalue weighted by Crippen LogP contribution is 2.39. The molecule has 0 aliphatic heterocycles. The van der Waals surface area contributed by atoms with Crippen molar-refractivity contribution in [2.75, 3.05) is 0 Å². The number of unbranched alkanes of at least 4 members (excludes halogenated alkanes) is 8. The van der Waals surface area contributed by atoms with Gasteiger partial charge >= 0.3 is 0 Å². The maximum Gasteiger partial charge on any atom is -0.0162 e. The van der Waals surface area contributed by atoms with Gasteiger partial charge in [-0.3, -0.25) is 0 Å². The minimum Gasteiger partial charge on any atom is -0.0804 e. The highest BCUT2D eigenvalue weighted by molar-refractivity contribution is 5.71. The minimum absolute atomic E-state index is 0.779. The van der Waals surface area contributed by atoms with Crippen molar-refractivity contribution >= 4 is 5.57 Å². The molecule has 0 radical (unpaired) electrons. The van der Waals surface area contributed by atoms with E-state index in [1.807, 2.05) is 0 Å². The molecule has 2 aromatic rings. The Morgan fingerprint density at radius 2 is 1.05 bits per heavy atom. The van der Waals surface area contributed by atoms with Crippen molar-refractivity contribution in [3.8, 4) is 11.1 Å². The molecule has 2 aliphatic rings. The van der Waals surface area contributed by atoms with Crippen LogP contribution in [-0.4, -0.2) is 0 Å². The van der Waals surface area contributed by atoms with Gasteiger partial charge in [0.25, 0.3) is 0 Å². The molecule has 0 saturated heterocycles. The van der Waals surface area contributed by atoms with Gasteiger partial charge in [0.2, 0.25) is 0 Å². The van der Waals surface area contributed by atoms with Crippen molar-refractivity contribution in [2.45, 2.75) is 142 Å². The number of rotatable bonds is 15. The van der Waals surface area contributed by atoms with Crippen molar-refractivity contribution in [3.63, 3.8) is 0 Å². The van der Waals surface area contributed by atoms with E-state index in [9.17, 15) is 0 Å². The molecule has 0 heteroatoms. The third-order valence-electron chi connectivity index (χ3n) is 9.77. The molecule has 0 bridgehead atoms. The zero-order chi connectivity index (χ0) is 26.4. The average Bonchev–Trinajstić information content (AvgIpc) is 2.98. The molecule has 0 aromatic heterocycles. The van der Waals surface area contributed by atoms with Gasteiger partial charge in [0.05, 0.1) is 0 Å².